The predicted octanol–water partition coefficient (Wildman–Crippen LogP) is 2.08. The molecule has 0 aromatic heterocycles. The van der Waals surface area contributed by atoms with E-state index in [9.17, 15) is 9.59 Å². The molecule has 1 rings (SSSR count). The zero-order chi connectivity index (χ0) is 16.6. The standard InChI is InChI=1S/C16H23NO5/c1-4-21-12-5-7-13(8-6-12)22-11-14(18)17-10-9-16(2,3)15(19)20/h5-8H,4,9-11H2,1-3H3,(H,17,18)(H,19,20). The van der Waals surface area contributed by atoms with Crippen LogP contribution in [0.15, 0.2) is 24.3 Å². The van der Waals surface area contributed by atoms with Crippen molar-refractivity contribution in [3.8, 4) is 11.5 Å². The number of amides is 1. The fourth-order valence-corrected chi connectivity index (χ4v) is 1.62. The van der Waals surface area contributed by atoms with Crippen LogP contribution < -0.4 is 14.8 Å². The fraction of sp³-hybridized carbons (Fsp3) is 0.500. The second-order valence-corrected chi connectivity index (χ2v) is 5.48. The minimum atomic E-state index is -0.882. The molecule has 1 aromatic rings. The molecule has 0 heterocycles. The molecule has 0 fully saturated rings. The number of aliphatic carboxylic acids is 1. The maximum Gasteiger partial charge on any atom is 0.309 e. The van der Waals surface area contributed by atoms with Crippen LogP contribution in [-0.4, -0.2) is 36.7 Å². The lowest BCUT2D eigenvalue weighted by Gasteiger charge is -2.18. The summed E-state index contributed by atoms with van der Waals surface area (Å²) in [5.41, 5.74) is -0.858. The number of ether oxygens (including phenoxy) is 2. The summed E-state index contributed by atoms with van der Waals surface area (Å²) in [4.78, 5) is 22.6. The number of carboxylic acid groups (broad SMARTS) is 1. The van der Waals surface area contributed by atoms with Crippen LogP contribution in [0.25, 0.3) is 0 Å². The Hall–Kier alpha value is -2.24. The first-order valence-electron chi connectivity index (χ1n) is 7.21. The Morgan fingerprint density at radius 3 is 2.18 bits per heavy atom. The first kappa shape index (κ1) is 17.8. The highest BCUT2D eigenvalue weighted by atomic mass is 16.5. The smallest absolute Gasteiger partial charge is 0.309 e. The number of rotatable bonds is 9. The van der Waals surface area contributed by atoms with Crippen molar-refractivity contribution in [2.75, 3.05) is 19.8 Å². The Kier molecular flexibility index (Phi) is 6.69. The van der Waals surface area contributed by atoms with Crippen molar-refractivity contribution in [2.24, 2.45) is 5.41 Å². The van der Waals surface area contributed by atoms with Crippen molar-refractivity contribution in [3.05, 3.63) is 24.3 Å². The van der Waals surface area contributed by atoms with E-state index in [1.165, 1.54) is 0 Å². The maximum absolute atomic E-state index is 11.6. The molecular weight excluding hydrogens is 286 g/mol. The van der Waals surface area contributed by atoms with E-state index in [4.69, 9.17) is 14.6 Å². The third-order valence-corrected chi connectivity index (χ3v) is 3.16. The number of carboxylic acids is 1. The van der Waals surface area contributed by atoms with Crippen LogP contribution in [0.1, 0.15) is 27.2 Å². The molecule has 1 aromatic carbocycles. The molecule has 1 amide bonds. The van der Waals surface area contributed by atoms with E-state index in [2.05, 4.69) is 5.32 Å². The SMILES string of the molecule is CCOc1ccc(OCC(=O)NCCC(C)(C)C(=O)O)cc1. The van der Waals surface area contributed by atoms with E-state index in [0.717, 1.165) is 5.75 Å². The first-order valence-corrected chi connectivity index (χ1v) is 7.21. The maximum atomic E-state index is 11.6. The molecule has 6 heteroatoms. The van der Waals surface area contributed by atoms with Crippen molar-refractivity contribution in [1.82, 2.24) is 5.32 Å². The molecule has 0 aliphatic heterocycles. The van der Waals surface area contributed by atoms with Gasteiger partial charge in [-0.3, -0.25) is 9.59 Å². The zero-order valence-corrected chi connectivity index (χ0v) is 13.2. The second-order valence-electron chi connectivity index (χ2n) is 5.48. The fourth-order valence-electron chi connectivity index (χ4n) is 1.62. The number of hydrogen-bond acceptors (Lipinski definition) is 4. The van der Waals surface area contributed by atoms with Gasteiger partial charge in [0.05, 0.1) is 12.0 Å². The highest BCUT2D eigenvalue weighted by molar-refractivity contribution is 5.77. The van der Waals surface area contributed by atoms with Crippen LogP contribution in [0.4, 0.5) is 0 Å². The Morgan fingerprint density at radius 2 is 1.68 bits per heavy atom. The molecule has 0 spiro atoms. The molecule has 0 aliphatic carbocycles. The molecule has 0 saturated carbocycles. The quantitative estimate of drug-likeness (QED) is 0.729. The van der Waals surface area contributed by atoms with Gasteiger partial charge in [-0.1, -0.05) is 0 Å². The lowest BCUT2D eigenvalue weighted by molar-refractivity contribution is -0.147. The van der Waals surface area contributed by atoms with Crippen molar-refractivity contribution >= 4 is 11.9 Å². The average Bonchev–Trinajstić information content (AvgIpc) is 2.46. The van der Waals surface area contributed by atoms with Crippen molar-refractivity contribution < 1.29 is 24.2 Å². The van der Waals surface area contributed by atoms with Crippen molar-refractivity contribution in [3.63, 3.8) is 0 Å². The topological polar surface area (TPSA) is 84.9 Å². The van der Waals surface area contributed by atoms with Gasteiger partial charge in [-0.15, -0.1) is 0 Å². The van der Waals surface area contributed by atoms with E-state index in [0.29, 0.717) is 25.3 Å². The molecule has 22 heavy (non-hydrogen) atoms. The molecule has 0 bridgehead atoms. The monoisotopic (exact) mass is 309 g/mol. The van der Waals surface area contributed by atoms with Gasteiger partial charge in [0.25, 0.3) is 5.91 Å². The highest BCUT2D eigenvalue weighted by Crippen LogP contribution is 2.19. The molecule has 122 valence electrons. The Morgan fingerprint density at radius 1 is 1.14 bits per heavy atom. The number of carbonyl (C=O) groups is 2. The van der Waals surface area contributed by atoms with Crippen LogP contribution in [0.5, 0.6) is 11.5 Å². The zero-order valence-electron chi connectivity index (χ0n) is 13.2. The number of hydrogen-bond donors (Lipinski definition) is 2. The van der Waals surface area contributed by atoms with Gasteiger partial charge in [-0.05, 0) is 51.5 Å². The number of carbonyl (C=O) groups excluding carboxylic acids is 1. The van der Waals surface area contributed by atoms with Crippen molar-refractivity contribution in [1.29, 1.82) is 0 Å². The summed E-state index contributed by atoms with van der Waals surface area (Å²) in [5, 5.41) is 11.6. The lowest BCUT2D eigenvalue weighted by Crippen LogP contribution is -2.34. The van der Waals surface area contributed by atoms with Crippen LogP contribution in [0.2, 0.25) is 0 Å². The van der Waals surface area contributed by atoms with Crippen LogP contribution in [0, 0.1) is 5.41 Å². The molecule has 0 saturated heterocycles. The Balaban J connectivity index is 2.30. The molecule has 0 radical (unpaired) electrons. The summed E-state index contributed by atoms with van der Waals surface area (Å²) in [6.45, 7) is 5.93. The molecule has 2 N–H and O–H groups in total. The van der Waals surface area contributed by atoms with Gasteiger partial charge in [0, 0.05) is 6.54 Å². The summed E-state index contributed by atoms with van der Waals surface area (Å²) in [5.74, 6) is 0.155. The normalized spacial score (nSPS) is 10.9. The molecule has 6 nitrogen and oxygen atoms in total. The lowest BCUT2D eigenvalue weighted by atomic mass is 9.90. The average molecular weight is 309 g/mol. The third-order valence-electron chi connectivity index (χ3n) is 3.16. The largest absolute Gasteiger partial charge is 0.494 e. The Bertz CT molecular complexity index is 496. The second kappa shape index (κ2) is 8.26. The van der Waals surface area contributed by atoms with Gasteiger partial charge in [-0.25, -0.2) is 0 Å². The Labute approximate surface area is 130 Å². The molecule has 0 atom stereocenters. The van der Waals surface area contributed by atoms with Crippen molar-refractivity contribution in [2.45, 2.75) is 27.2 Å². The number of benzene rings is 1. The van der Waals surface area contributed by atoms with Gasteiger partial charge in [-0.2, -0.15) is 0 Å². The molecule has 0 unspecified atom stereocenters. The number of nitrogens with one attached hydrogen (secondary N) is 1. The van der Waals surface area contributed by atoms with Crippen LogP contribution >= 0.6 is 0 Å². The minimum Gasteiger partial charge on any atom is -0.494 e. The molecule has 0 aliphatic rings. The van der Waals surface area contributed by atoms with Crippen LogP contribution in [0.3, 0.4) is 0 Å². The van der Waals surface area contributed by atoms with E-state index in [1.807, 2.05) is 6.92 Å². The van der Waals surface area contributed by atoms with Gasteiger partial charge < -0.3 is 19.9 Å². The van der Waals surface area contributed by atoms with Gasteiger partial charge in [0.1, 0.15) is 11.5 Å². The van der Waals surface area contributed by atoms with E-state index in [1.54, 1.807) is 38.1 Å². The summed E-state index contributed by atoms with van der Waals surface area (Å²) >= 11 is 0. The predicted molar refractivity (Wildman–Crippen MR) is 82.1 cm³/mol. The van der Waals surface area contributed by atoms with Gasteiger partial charge >= 0.3 is 5.97 Å². The van der Waals surface area contributed by atoms with E-state index < -0.39 is 11.4 Å². The summed E-state index contributed by atoms with van der Waals surface area (Å²) < 4.78 is 10.7. The van der Waals surface area contributed by atoms with Crippen LogP contribution in [-0.2, 0) is 9.59 Å². The minimum absolute atomic E-state index is 0.110. The van der Waals surface area contributed by atoms with Gasteiger partial charge in [0.2, 0.25) is 0 Å². The first-order chi connectivity index (χ1) is 10.3. The summed E-state index contributed by atoms with van der Waals surface area (Å²) in [6.07, 6.45) is 0.358. The van der Waals surface area contributed by atoms with E-state index >= 15 is 0 Å². The molecular formula is C16H23NO5. The van der Waals surface area contributed by atoms with E-state index in [-0.39, 0.29) is 12.5 Å². The summed E-state index contributed by atoms with van der Waals surface area (Å²) in [6, 6.07) is 7.00. The highest BCUT2D eigenvalue weighted by Gasteiger charge is 2.26. The summed E-state index contributed by atoms with van der Waals surface area (Å²) in [7, 11) is 0. The van der Waals surface area contributed by atoms with Gasteiger partial charge in [0.15, 0.2) is 6.61 Å². The third kappa shape index (κ3) is 6.03.